The molecule has 0 fully saturated rings. The van der Waals surface area contributed by atoms with Crippen molar-refractivity contribution in [2.45, 2.75) is 0 Å². The third-order valence-corrected chi connectivity index (χ3v) is 8.63. The van der Waals surface area contributed by atoms with Crippen molar-refractivity contribution in [3.8, 4) is 67.5 Å². The molecule has 4 nitrogen and oxygen atoms in total. The van der Waals surface area contributed by atoms with E-state index in [0.29, 0.717) is 33.5 Å². The first-order chi connectivity index (χ1) is 25.9. The molecule has 0 atom stereocenters. The summed E-state index contributed by atoms with van der Waals surface area (Å²) in [4.78, 5) is 14.9. The van der Waals surface area contributed by atoms with Crippen LogP contribution >= 0.6 is 0 Å². The fourth-order valence-corrected chi connectivity index (χ4v) is 6.18. The van der Waals surface area contributed by atoms with E-state index in [4.69, 9.17) is 23.5 Å². The van der Waals surface area contributed by atoms with E-state index in [1.54, 1.807) is 12.1 Å². The molecule has 0 saturated carbocycles. The van der Waals surface area contributed by atoms with Crippen LogP contribution in [0, 0.1) is 0 Å². The summed E-state index contributed by atoms with van der Waals surface area (Å²) >= 11 is 0. The third-order valence-electron chi connectivity index (χ3n) is 8.63. The van der Waals surface area contributed by atoms with Crippen molar-refractivity contribution < 1.29 is 9.90 Å². The van der Waals surface area contributed by atoms with Gasteiger partial charge in [-0.15, -0.1) is 0 Å². The fourth-order valence-electron chi connectivity index (χ4n) is 6.18. The van der Waals surface area contributed by atoms with Crippen LogP contribution in [0.2, 0.25) is 0 Å². The largest absolute Gasteiger partial charge is 0.456 e. The minimum Gasteiger partial charge on any atom is -0.456 e. The first-order valence-corrected chi connectivity index (χ1v) is 16.0. The molecule has 9 rings (SSSR count). The van der Waals surface area contributed by atoms with Gasteiger partial charge in [-0.25, -0.2) is 15.0 Å². The minimum absolute atomic E-state index is 0.00328. The summed E-state index contributed by atoms with van der Waals surface area (Å²) in [5.41, 5.74) is 7.90. The molecule has 4 heteroatoms. The van der Waals surface area contributed by atoms with Gasteiger partial charge in [-0.05, 0) is 63.6 Å². The molecule has 0 amide bonds. The van der Waals surface area contributed by atoms with Crippen LogP contribution in [-0.4, -0.2) is 15.0 Å². The molecular formula is C45H29N3O. The second-order valence-electron chi connectivity index (χ2n) is 11.7. The topological polar surface area (TPSA) is 51.8 Å². The Hall–Kier alpha value is -6.65. The summed E-state index contributed by atoms with van der Waals surface area (Å²) in [6.45, 7) is 0. The lowest BCUT2D eigenvalue weighted by Crippen LogP contribution is -2.00. The summed E-state index contributed by atoms with van der Waals surface area (Å²) in [5, 5.41) is 0.880. The Balaban J connectivity index is 1.27. The number of rotatable bonds is 6. The lowest BCUT2D eigenvalue weighted by atomic mass is 9.99. The first-order valence-electron chi connectivity index (χ1n) is 18.0. The number of aromatic nitrogens is 3. The van der Waals surface area contributed by atoms with E-state index in [-0.39, 0.29) is 41.2 Å². The van der Waals surface area contributed by atoms with E-state index in [1.165, 1.54) is 0 Å². The quantitative estimate of drug-likeness (QED) is 0.183. The van der Waals surface area contributed by atoms with Gasteiger partial charge in [-0.3, -0.25) is 0 Å². The molecule has 0 aliphatic heterocycles. The molecule has 0 aliphatic rings. The predicted molar refractivity (Wildman–Crippen MR) is 200 cm³/mol. The van der Waals surface area contributed by atoms with Crippen molar-refractivity contribution in [1.82, 2.24) is 15.0 Å². The molecule has 230 valence electrons. The average Bonchev–Trinajstić information content (AvgIpc) is 3.64. The van der Waals surface area contributed by atoms with Gasteiger partial charge < -0.3 is 4.42 Å². The molecule has 49 heavy (non-hydrogen) atoms. The summed E-state index contributed by atoms with van der Waals surface area (Å²) in [6, 6.07) is 49.0. The lowest BCUT2D eigenvalue weighted by molar-refractivity contribution is 0.669. The number of nitrogens with zero attached hydrogens (tertiary/aromatic N) is 3. The average molecular weight is 632 g/mol. The highest BCUT2D eigenvalue weighted by molar-refractivity contribution is 6.13. The van der Waals surface area contributed by atoms with Gasteiger partial charge in [0.05, 0.1) is 5.48 Å². The van der Waals surface area contributed by atoms with Crippen molar-refractivity contribution in [3.05, 3.63) is 176 Å². The minimum atomic E-state index is -0.0989. The molecule has 0 N–H and O–H groups in total. The van der Waals surface area contributed by atoms with Gasteiger partial charge in [-0.1, -0.05) is 146 Å². The number of benzene rings is 7. The molecule has 0 aliphatic carbocycles. The summed E-state index contributed by atoms with van der Waals surface area (Å²) in [7, 11) is 0. The van der Waals surface area contributed by atoms with Gasteiger partial charge in [0.1, 0.15) is 11.2 Å². The molecule has 0 radical (unpaired) electrons. The Morgan fingerprint density at radius 2 is 0.939 bits per heavy atom. The van der Waals surface area contributed by atoms with Crippen molar-refractivity contribution in [2.24, 2.45) is 0 Å². The van der Waals surface area contributed by atoms with Gasteiger partial charge in [-0.2, -0.15) is 0 Å². The number of hydrogen-bond donors (Lipinski definition) is 0. The molecule has 0 unspecified atom stereocenters. The molecule has 0 spiro atoms. The molecule has 2 heterocycles. The van der Waals surface area contributed by atoms with E-state index in [2.05, 4.69) is 24.3 Å². The molecule has 2 aromatic heterocycles. The Morgan fingerprint density at radius 1 is 0.408 bits per heavy atom. The summed E-state index contributed by atoms with van der Waals surface area (Å²) < 4.78 is 42.1. The zero-order valence-corrected chi connectivity index (χ0v) is 26.2. The van der Waals surface area contributed by atoms with Crippen LogP contribution in [0.5, 0.6) is 0 Å². The monoisotopic (exact) mass is 631 g/mol. The highest BCUT2D eigenvalue weighted by Crippen LogP contribution is 2.38. The van der Waals surface area contributed by atoms with Crippen LogP contribution in [0.4, 0.5) is 0 Å². The normalized spacial score (nSPS) is 12.4. The maximum Gasteiger partial charge on any atom is 0.164 e. The van der Waals surface area contributed by atoms with Crippen LogP contribution < -0.4 is 0 Å². The van der Waals surface area contributed by atoms with Gasteiger partial charge in [0.2, 0.25) is 0 Å². The van der Waals surface area contributed by atoms with Crippen molar-refractivity contribution in [3.63, 3.8) is 0 Å². The zero-order chi connectivity index (χ0) is 36.1. The van der Waals surface area contributed by atoms with Gasteiger partial charge in [0, 0.05) is 27.5 Å². The van der Waals surface area contributed by atoms with Crippen LogP contribution in [-0.2, 0) is 0 Å². The number of fused-ring (bicyclic) bond motifs is 3. The molecule has 0 saturated heterocycles. The van der Waals surface area contributed by atoms with Gasteiger partial charge >= 0.3 is 0 Å². The molecular weight excluding hydrogens is 599 g/mol. The summed E-state index contributed by atoms with van der Waals surface area (Å²) in [5.74, 6) is 1.09. The molecule has 9 aromatic rings. The SMILES string of the molecule is [2H]c1cc(-c2ccccc2)c2c(oc3c([2H])cc(-c4nc(-c5ccc(-c6ccccc6)cc5)nc(-c5cccc(-c6ccccc6)c5)n4)c([2H])c32)c1[2H]. The maximum absolute atomic E-state index is 9.62. The lowest BCUT2D eigenvalue weighted by Gasteiger charge is -2.10. The van der Waals surface area contributed by atoms with E-state index >= 15 is 0 Å². The predicted octanol–water partition coefficient (Wildman–Crippen LogP) is 11.8. The van der Waals surface area contributed by atoms with E-state index in [1.807, 2.05) is 115 Å². The maximum atomic E-state index is 9.62. The molecule has 7 aromatic carbocycles. The standard InChI is InChI=1S/C45H29N3O/c1-4-12-30(13-5-1)32-22-24-34(25-23-32)43-46-44(36-19-10-18-35(28-36)31-14-6-2-7-15-31)48-45(47-43)37-26-27-40-39(29-37)42-38(20-11-21-41(42)49-40)33-16-8-3-9-17-33/h1-29H/i11D,21D,27D,29D. The van der Waals surface area contributed by atoms with Crippen molar-refractivity contribution in [2.75, 3.05) is 0 Å². The van der Waals surface area contributed by atoms with Crippen LogP contribution in [0.3, 0.4) is 0 Å². The Labute approximate surface area is 289 Å². The smallest absolute Gasteiger partial charge is 0.164 e. The first kappa shape index (κ1) is 24.5. The number of furan rings is 1. The second-order valence-corrected chi connectivity index (χ2v) is 11.7. The zero-order valence-electron chi connectivity index (χ0n) is 30.2. The van der Waals surface area contributed by atoms with Crippen LogP contribution in [0.25, 0.3) is 89.5 Å². The second kappa shape index (κ2) is 12.2. The Kier molecular flexibility index (Phi) is 6.09. The van der Waals surface area contributed by atoms with Gasteiger partial charge in [0.15, 0.2) is 17.5 Å². The third kappa shape index (κ3) is 5.45. The highest BCUT2D eigenvalue weighted by atomic mass is 16.3. The fraction of sp³-hybridized carbons (Fsp3) is 0. The Bertz CT molecular complexity index is 2810. The van der Waals surface area contributed by atoms with E-state index in [0.717, 1.165) is 38.9 Å². The van der Waals surface area contributed by atoms with Crippen molar-refractivity contribution >= 4 is 21.9 Å². The van der Waals surface area contributed by atoms with Gasteiger partial charge in [0.25, 0.3) is 0 Å². The van der Waals surface area contributed by atoms with E-state index in [9.17, 15) is 1.37 Å². The number of hydrogen-bond acceptors (Lipinski definition) is 4. The Morgan fingerprint density at radius 3 is 1.63 bits per heavy atom. The molecule has 0 bridgehead atoms. The summed E-state index contributed by atoms with van der Waals surface area (Å²) in [6.07, 6.45) is 0. The van der Waals surface area contributed by atoms with Crippen LogP contribution in [0.1, 0.15) is 5.48 Å². The highest BCUT2D eigenvalue weighted by Gasteiger charge is 2.17. The van der Waals surface area contributed by atoms with Crippen LogP contribution in [0.15, 0.2) is 180 Å². The van der Waals surface area contributed by atoms with Crippen molar-refractivity contribution in [1.29, 1.82) is 0 Å². The van der Waals surface area contributed by atoms with E-state index < -0.39 is 0 Å².